The van der Waals surface area contributed by atoms with Gasteiger partial charge in [-0.1, -0.05) is 52.8 Å². The predicted molar refractivity (Wildman–Crippen MR) is 121 cm³/mol. The maximum Gasteiger partial charge on any atom is 0.309 e. The number of hydrogen-bond donors (Lipinski definition) is 1. The van der Waals surface area contributed by atoms with Crippen molar-refractivity contribution in [3.05, 3.63) is 48.3 Å². The number of carbonyl (C=O) groups excluding carboxylic acids is 2. The fourth-order valence-electron chi connectivity index (χ4n) is 3.33. The molecule has 0 radical (unpaired) electrons. The monoisotopic (exact) mass is 443 g/mol. The van der Waals surface area contributed by atoms with Crippen molar-refractivity contribution in [2.24, 2.45) is 17.8 Å². The van der Waals surface area contributed by atoms with Gasteiger partial charge in [0, 0.05) is 18.7 Å². The molecule has 32 heavy (non-hydrogen) atoms. The molecular weight excluding hydrogens is 410 g/mol. The molecule has 7 nitrogen and oxygen atoms in total. The van der Waals surface area contributed by atoms with Gasteiger partial charge < -0.3 is 19.3 Å². The highest BCUT2D eigenvalue weighted by atomic mass is 16.6. The lowest BCUT2D eigenvalue weighted by atomic mass is 9.93. The maximum absolute atomic E-state index is 12.9. The number of aromatic nitrogens is 1. The molecule has 1 N–H and O–H groups in total. The number of rotatable bonds is 11. The lowest BCUT2D eigenvalue weighted by Crippen LogP contribution is -2.43. The summed E-state index contributed by atoms with van der Waals surface area (Å²) in [5, 5.41) is 10.2. The fourth-order valence-corrected chi connectivity index (χ4v) is 3.33. The molecule has 174 valence electrons. The van der Waals surface area contributed by atoms with Crippen LogP contribution in [0.1, 0.15) is 51.5 Å². The Hall–Kier alpha value is -3.09. The van der Waals surface area contributed by atoms with E-state index in [-0.39, 0.29) is 41.6 Å². The van der Waals surface area contributed by atoms with Gasteiger partial charge in [0.1, 0.15) is 18.0 Å². The van der Waals surface area contributed by atoms with E-state index in [0.29, 0.717) is 5.75 Å². The van der Waals surface area contributed by atoms with Gasteiger partial charge in [-0.15, -0.1) is 0 Å². The van der Waals surface area contributed by atoms with Gasteiger partial charge in [-0.25, -0.2) is 4.98 Å². The Kier molecular flexibility index (Phi) is 9.05. The van der Waals surface area contributed by atoms with Crippen LogP contribution in [0.25, 0.3) is 0 Å². The number of para-hydroxylation sites is 1. The first kappa shape index (κ1) is 25.2. The van der Waals surface area contributed by atoms with Crippen LogP contribution in [-0.2, 0) is 9.53 Å². The molecule has 1 aromatic heterocycles. The molecule has 0 saturated heterocycles. The number of aromatic hydroxyl groups is 1. The molecule has 3 atom stereocenters. The predicted octanol–water partition coefficient (Wildman–Crippen LogP) is 4.68. The van der Waals surface area contributed by atoms with Crippen molar-refractivity contribution < 1.29 is 28.9 Å². The van der Waals surface area contributed by atoms with Crippen molar-refractivity contribution in [1.82, 2.24) is 4.98 Å². The number of carbonyl (C=O) groups is 2. The lowest BCUT2D eigenvalue weighted by Gasteiger charge is -2.33. The van der Waals surface area contributed by atoms with E-state index in [0.717, 1.165) is 0 Å². The first-order valence-corrected chi connectivity index (χ1v) is 10.8. The topological polar surface area (TPSA) is 95.0 Å². The molecular formula is C25H33NO6. The van der Waals surface area contributed by atoms with Crippen LogP contribution in [0.15, 0.2) is 42.6 Å². The number of benzene rings is 1. The molecule has 0 unspecified atom stereocenters. The molecule has 0 fully saturated rings. The van der Waals surface area contributed by atoms with Crippen LogP contribution in [0.2, 0.25) is 0 Å². The van der Waals surface area contributed by atoms with Gasteiger partial charge in [0.05, 0.1) is 13.0 Å². The Morgan fingerprint density at radius 1 is 0.969 bits per heavy atom. The van der Waals surface area contributed by atoms with E-state index in [1.807, 2.05) is 58.0 Å². The number of esters is 1. The minimum atomic E-state index is -0.722. The first-order chi connectivity index (χ1) is 15.1. The Bertz CT molecular complexity index is 897. The zero-order valence-electron chi connectivity index (χ0n) is 19.6. The third-order valence-electron chi connectivity index (χ3n) is 5.17. The largest absolute Gasteiger partial charge is 0.503 e. The number of Topliss-reactive ketones (excluding diaryl/α,β-unsaturated/α-hetero) is 1. The average molecular weight is 444 g/mol. The molecule has 0 aliphatic heterocycles. The molecule has 0 amide bonds. The molecule has 2 rings (SSSR count). The molecule has 0 bridgehead atoms. The summed E-state index contributed by atoms with van der Waals surface area (Å²) in [6.45, 7) is 9.59. The summed E-state index contributed by atoms with van der Waals surface area (Å²) in [7, 11) is 1.39. The highest BCUT2D eigenvalue weighted by molar-refractivity contribution is 5.99. The van der Waals surface area contributed by atoms with Crippen LogP contribution >= 0.6 is 0 Å². The van der Waals surface area contributed by atoms with Crippen molar-refractivity contribution in [3.8, 4) is 17.2 Å². The lowest BCUT2D eigenvalue weighted by molar-refractivity contribution is -0.163. The molecule has 1 heterocycles. The van der Waals surface area contributed by atoms with Crippen LogP contribution in [0.4, 0.5) is 0 Å². The van der Waals surface area contributed by atoms with Crippen molar-refractivity contribution in [1.29, 1.82) is 0 Å². The van der Waals surface area contributed by atoms with E-state index in [1.54, 1.807) is 6.92 Å². The summed E-state index contributed by atoms with van der Waals surface area (Å²) in [4.78, 5) is 29.5. The average Bonchev–Trinajstić information content (AvgIpc) is 2.76. The number of ketones is 1. The molecule has 2 aromatic rings. The maximum atomic E-state index is 12.9. The Balaban J connectivity index is 2.11. The van der Waals surface area contributed by atoms with E-state index in [9.17, 15) is 14.7 Å². The van der Waals surface area contributed by atoms with Crippen molar-refractivity contribution >= 4 is 11.8 Å². The third-order valence-corrected chi connectivity index (χ3v) is 5.17. The zero-order chi connectivity index (χ0) is 23.8. The molecule has 0 saturated carbocycles. The summed E-state index contributed by atoms with van der Waals surface area (Å²) < 4.78 is 17.0. The number of hydrogen-bond acceptors (Lipinski definition) is 7. The van der Waals surface area contributed by atoms with Crippen LogP contribution < -0.4 is 9.47 Å². The normalized spacial score (nSPS) is 14.0. The summed E-state index contributed by atoms with van der Waals surface area (Å²) >= 11 is 0. The molecule has 0 aliphatic carbocycles. The second-order valence-electron chi connectivity index (χ2n) is 8.52. The Labute approximate surface area is 189 Å². The summed E-state index contributed by atoms with van der Waals surface area (Å²) in [5.41, 5.74) is -0.128. The number of nitrogens with zero attached hydrogens (tertiary/aromatic N) is 1. The second kappa shape index (κ2) is 11.5. The van der Waals surface area contributed by atoms with E-state index < -0.39 is 23.8 Å². The van der Waals surface area contributed by atoms with Crippen molar-refractivity contribution in [3.63, 3.8) is 0 Å². The van der Waals surface area contributed by atoms with Crippen molar-refractivity contribution in [2.75, 3.05) is 7.11 Å². The molecule has 7 heteroatoms. The third kappa shape index (κ3) is 6.45. The molecule has 0 spiro atoms. The minimum Gasteiger partial charge on any atom is -0.503 e. The van der Waals surface area contributed by atoms with Gasteiger partial charge in [-0.3, -0.25) is 9.59 Å². The van der Waals surface area contributed by atoms with Gasteiger partial charge in [0.15, 0.2) is 23.0 Å². The fraction of sp³-hybridized carbons (Fsp3) is 0.480. The van der Waals surface area contributed by atoms with Gasteiger partial charge >= 0.3 is 5.97 Å². The number of pyridine rings is 1. The van der Waals surface area contributed by atoms with E-state index in [4.69, 9.17) is 14.2 Å². The Morgan fingerprint density at radius 2 is 1.59 bits per heavy atom. The highest BCUT2D eigenvalue weighted by Crippen LogP contribution is 2.30. The SMILES string of the molecule is COc1ccnc(C(=O)C[C@@H](C)C(=O)O[C@H](C(C)C)[C@H](Oc2ccccc2)C(C)C)c1O. The molecule has 0 aliphatic rings. The Morgan fingerprint density at radius 3 is 2.16 bits per heavy atom. The number of ether oxygens (including phenoxy) is 3. The minimum absolute atomic E-state index is 0.00191. The zero-order valence-corrected chi connectivity index (χ0v) is 19.6. The van der Waals surface area contributed by atoms with Crippen LogP contribution in [-0.4, -0.2) is 41.2 Å². The van der Waals surface area contributed by atoms with Gasteiger partial charge in [-0.05, 0) is 24.0 Å². The van der Waals surface area contributed by atoms with E-state index in [1.165, 1.54) is 19.4 Å². The van der Waals surface area contributed by atoms with Gasteiger partial charge in [-0.2, -0.15) is 0 Å². The van der Waals surface area contributed by atoms with Crippen LogP contribution in [0, 0.1) is 17.8 Å². The van der Waals surface area contributed by atoms with Crippen LogP contribution in [0.5, 0.6) is 17.2 Å². The summed E-state index contributed by atoms with van der Waals surface area (Å²) in [6.07, 6.45) is 0.373. The van der Waals surface area contributed by atoms with Crippen LogP contribution in [0.3, 0.4) is 0 Å². The van der Waals surface area contributed by atoms with E-state index >= 15 is 0 Å². The summed E-state index contributed by atoms with van der Waals surface area (Å²) in [5.74, 6) is -1.08. The number of methoxy groups -OCH3 is 1. The molecule has 1 aromatic carbocycles. The van der Waals surface area contributed by atoms with E-state index in [2.05, 4.69) is 4.98 Å². The quantitative estimate of drug-likeness (QED) is 0.398. The highest BCUT2D eigenvalue weighted by Gasteiger charge is 2.34. The summed E-state index contributed by atoms with van der Waals surface area (Å²) in [6, 6.07) is 10.9. The van der Waals surface area contributed by atoms with Crippen molar-refractivity contribution in [2.45, 2.75) is 53.2 Å². The van der Waals surface area contributed by atoms with Gasteiger partial charge in [0.25, 0.3) is 0 Å². The smallest absolute Gasteiger partial charge is 0.309 e. The first-order valence-electron chi connectivity index (χ1n) is 10.8. The standard InChI is InChI=1S/C25H33NO6/c1-15(2)23(31-18-10-8-7-9-11-18)24(16(3)4)32-25(29)17(5)14-19(27)21-22(28)20(30-6)12-13-26-21/h7-13,15-17,23-24,28H,14H2,1-6H3/t17-,23-,24-/m1/s1. The second-order valence-corrected chi connectivity index (χ2v) is 8.52. The van der Waals surface area contributed by atoms with Gasteiger partial charge in [0.2, 0.25) is 0 Å².